The van der Waals surface area contributed by atoms with Gasteiger partial charge in [-0.25, -0.2) is 0 Å². The second-order valence-corrected chi connectivity index (χ2v) is 4.01. The number of halogens is 1. The van der Waals surface area contributed by atoms with Crippen molar-refractivity contribution in [2.75, 3.05) is 0 Å². The number of fused-ring (bicyclic) bond motifs is 1. The van der Waals surface area contributed by atoms with Crippen molar-refractivity contribution in [3.8, 4) is 17.6 Å². The van der Waals surface area contributed by atoms with Crippen LogP contribution in [0.5, 0.6) is 5.75 Å². The van der Waals surface area contributed by atoms with Crippen LogP contribution in [0, 0.1) is 11.8 Å². The van der Waals surface area contributed by atoms with E-state index in [0.29, 0.717) is 21.5 Å². The van der Waals surface area contributed by atoms with Crippen LogP contribution < -0.4 is 5.73 Å². The summed E-state index contributed by atoms with van der Waals surface area (Å²) in [5.74, 6) is 4.64. The van der Waals surface area contributed by atoms with Gasteiger partial charge < -0.3 is 10.8 Å². The molecule has 0 aliphatic heterocycles. The van der Waals surface area contributed by atoms with Crippen molar-refractivity contribution in [2.45, 2.75) is 6.42 Å². The summed E-state index contributed by atoms with van der Waals surface area (Å²) in [5.41, 5.74) is 5.68. The standard InChI is InChI=1S/C13H9ClN2O2/c14-10-7-8(3-1-5-11(15)17)13(18)12-9(10)4-2-6-16-12/h2,4,6-7,18H,5H2,(H2,15,17). The van der Waals surface area contributed by atoms with Crippen molar-refractivity contribution in [3.05, 3.63) is 35.0 Å². The molecule has 5 heteroatoms. The van der Waals surface area contributed by atoms with Crippen LogP contribution in [0.3, 0.4) is 0 Å². The number of nitrogens with two attached hydrogens (primary N) is 1. The van der Waals surface area contributed by atoms with Gasteiger partial charge in [0, 0.05) is 11.6 Å². The summed E-state index contributed by atoms with van der Waals surface area (Å²) in [6, 6.07) is 5.02. The van der Waals surface area contributed by atoms with Gasteiger partial charge in [0.1, 0.15) is 5.52 Å². The number of amides is 1. The van der Waals surface area contributed by atoms with Crippen LogP contribution in [0.2, 0.25) is 5.02 Å². The molecule has 0 atom stereocenters. The van der Waals surface area contributed by atoms with Gasteiger partial charge in [-0.1, -0.05) is 23.4 Å². The highest BCUT2D eigenvalue weighted by atomic mass is 35.5. The zero-order valence-electron chi connectivity index (χ0n) is 9.27. The molecule has 1 aromatic carbocycles. The molecule has 0 spiro atoms. The van der Waals surface area contributed by atoms with E-state index < -0.39 is 5.91 Å². The molecular formula is C13H9ClN2O2. The van der Waals surface area contributed by atoms with Crippen LogP contribution in [-0.4, -0.2) is 16.0 Å². The van der Waals surface area contributed by atoms with Crippen molar-refractivity contribution in [1.29, 1.82) is 0 Å². The molecule has 4 nitrogen and oxygen atoms in total. The molecule has 2 aromatic rings. The van der Waals surface area contributed by atoms with E-state index in [9.17, 15) is 9.90 Å². The molecule has 1 heterocycles. The second kappa shape index (κ2) is 4.94. The minimum absolute atomic E-state index is 0.0491. The first kappa shape index (κ1) is 12.2. The third-order valence-electron chi connectivity index (χ3n) is 2.30. The summed E-state index contributed by atoms with van der Waals surface area (Å²) >= 11 is 6.07. The van der Waals surface area contributed by atoms with Gasteiger partial charge in [-0.2, -0.15) is 0 Å². The number of benzene rings is 1. The lowest BCUT2D eigenvalue weighted by atomic mass is 10.1. The Morgan fingerprint density at radius 1 is 1.56 bits per heavy atom. The number of primary amides is 1. The lowest BCUT2D eigenvalue weighted by molar-refractivity contribution is -0.117. The second-order valence-electron chi connectivity index (χ2n) is 3.60. The number of pyridine rings is 1. The van der Waals surface area contributed by atoms with Crippen molar-refractivity contribution in [1.82, 2.24) is 4.98 Å². The summed E-state index contributed by atoms with van der Waals surface area (Å²) in [5, 5.41) is 11.1. The molecule has 2 rings (SSSR count). The smallest absolute Gasteiger partial charge is 0.229 e. The highest BCUT2D eigenvalue weighted by Gasteiger charge is 2.09. The zero-order chi connectivity index (χ0) is 13.1. The molecule has 0 unspecified atom stereocenters. The Hall–Kier alpha value is -2.25. The molecule has 0 saturated heterocycles. The third kappa shape index (κ3) is 2.36. The van der Waals surface area contributed by atoms with Gasteiger partial charge >= 0.3 is 0 Å². The predicted octanol–water partition coefficient (Wildman–Crippen LogP) is 1.82. The summed E-state index contributed by atoms with van der Waals surface area (Å²) < 4.78 is 0. The third-order valence-corrected chi connectivity index (χ3v) is 2.61. The maximum atomic E-state index is 10.6. The normalized spacial score (nSPS) is 9.83. The summed E-state index contributed by atoms with van der Waals surface area (Å²) in [7, 11) is 0. The van der Waals surface area contributed by atoms with E-state index >= 15 is 0 Å². The number of hydrogen-bond donors (Lipinski definition) is 2. The molecule has 0 saturated carbocycles. The Kier molecular flexibility index (Phi) is 3.35. The highest BCUT2D eigenvalue weighted by molar-refractivity contribution is 6.35. The number of aromatic nitrogens is 1. The minimum atomic E-state index is -0.521. The molecule has 3 N–H and O–H groups in total. The fraction of sp³-hybridized carbons (Fsp3) is 0.0769. The van der Waals surface area contributed by atoms with Crippen LogP contribution in [0.15, 0.2) is 24.4 Å². The van der Waals surface area contributed by atoms with E-state index in [4.69, 9.17) is 17.3 Å². The molecule has 0 radical (unpaired) electrons. The van der Waals surface area contributed by atoms with Crippen LogP contribution in [-0.2, 0) is 4.79 Å². The van der Waals surface area contributed by atoms with E-state index in [1.165, 1.54) is 6.07 Å². The van der Waals surface area contributed by atoms with Gasteiger partial charge in [0.2, 0.25) is 5.91 Å². The van der Waals surface area contributed by atoms with E-state index in [0.717, 1.165) is 0 Å². The summed E-state index contributed by atoms with van der Waals surface area (Å²) in [6.07, 6.45) is 1.48. The lowest BCUT2D eigenvalue weighted by Crippen LogP contribution is -2.08. The molecule has 90 valence electrons. The lowest BCUT2D eigenvalue weighted by Gasteiger charge is -2.04. The Morgan fingerprint density at radius 2 is 2.33 bits per heavy atom. The molecule has 0 bridgehead atoms. The Balaban J connectivity index is 2.55. The van der Waals surface area contributed by atoms with Gasteiger partial charge in [0.15, 0.2) is 5.75 Å². The van der Waals surface area contributed by atoms with Crippen LogP contribution >= 0.6 is 11.6 Å². The summed E-state index contributed by atoms with van der Waals surface area (Å²) in [4.78, 5) is 14.6. The van der Waals surface area contributed by atoms with E-state index in [-0.39, 0.29) is 12.2 Å². The number of phenols is 1. The fourth-order valence-electron chi connectivity index (χ4n) is 1.51. The topological polar surface area (TPSA) is 76.2 Å². The molecule has 0 fully saturated rings. The van der Waals surface area contributed by atoms with E-state index in [1.54, 1.807) is 18.3 Å². The number of carbonyl (C=O) groups excluding carboxylic acids is 1. The monoisotopic (exact) mass is 260 g/mol. The molecule has 0 aliphatic rings. The van der Waals surface area contributed by atoms with Crippen molar-refractivity contribution < 1.29 is 9.90 Å². The van der Waals surface area contributed by atoms with Crippen LogP contribution in [0.4, 0.5) is 0 Å². The number of rotatable bonds is 1. The predicted molar refractivity (Wildman–Crippen MR) is 69.1 cm³/mol. The van der Waals surface area contributed by atoms with Gasteiger partial charge in [-0.3, -0.25) is 9.78 Å². The van der Waals surface area contributed by atoms with Gasteiger partial charge in [-0.05, 0) is 18.2 Å². The first-order chi connectivity index (χ1) is 8.59. The van der Waals surface area contributed by atoms with E-state index in [2.05, 4.69) is 16.8 Å². The maximum Gasteiger partial charge on any atom is 0.229 e. The summed E-state index contributed by atoms with van der Waals surface area (Å²) in [6.45, 7) is 0. The number of phenolic OH excluding ortho intramolecular Hbond substituents is 1. The van der Waals surface area contributed by atoms with E-state index in [1.807, 2.05) is 0 Å². The number of nitrogens with zero attached hydrogens (tertiary/aromatic N) is 1. The number of aromatic hydroxyl groups is 1. The highest BCUT2D eigenvalue weighted by Crippen LogP contribution is 2.32. The molecule has 18 heavy (non-hydrogen) atoms. The fourth-order valence-corrected chi connectivity index (χ4v) is 1.77. The Labute approximate surface area is 108 Å². The Morgan fingerprint density at radius 3 is 3.06 bits per heavy atom. The quantitative estimate of drug-likeness (QED) is 0.768. The van der Waals surface area contributed by atoms with Crippen LogP contribution in [0.1, 0.15) is 12.0 Å². The number of hydrogen-bond acceptors (Lipinski definition) is 3. The van der Waals surface area contributed by atoms with Crippen molar-refractivity contribution in [3.63, 3.8) is 0 Å². The van der Waals surface area contributed by atoms with Crippen molar-refractivity contribution >= 4 is 28.4 Å². The molecule has 1 aromatic heterocycles. The number of carbonyl (C=O) groups is 1. The van der Waals surface area contributed by atoms with Gasteiger partial charge in [-0.15, -0.1) is 0 Å². The van der Waals surface area contributed by atoms with Crippen molar-refractivity contribution in [2.24, 2.45) is 5.73 Å². The molecule has 0 aliphatic carbocycles. The first-order valence-corrected chi connectivity index (χ1v) is 5.50. The molecular weight excluding hydrogens is 252 g/mol. The minimum Gasteiger partial charge on any atom is -0.504 e. The average Bonchev–Trinajstić information content (AvgIpc) is 2.35. The van der Waals surface area contributed by atoms with Gasteiger partial charge in [0.25, 0.3) is 0 Å². The SMILES string of the molecule is NC(=O)CC#Cc1cc(Cl)c2cccnc2c1O. The average molecular weight is 261 g/mol. The van der Waals surface area contributed by atoms with Gasteiger partial charge in [0.05, 0.1) is 17.0 Å². The maximum absolute atomic E-state index is 10.6. The Bertz CT molecular complexity index is 686. The first-order valence-electron chi connectivity index (χ1n) is 5.13. The largest absolute Gasteiger partial charge is 0.504 e. The van der Waals surface area contributed by atoms with Crippen LogP contribution in [0.25, 0.3) is 10.9 Å². The molecule has 1 amide bonds. The zero-order valence-corrected chi connectivity index (χ0v) is 10.0.